The van der Waals surface area contributed by atoms with Gasteiger partial charge in [-0.3, -0.25) is 4.79 Å². The van der Waals surface area contributed by atoms with Crippen LogP contribution in [0.2, 0.25) is 0 Å². The maximum absolute atomic E-state index is 13.5. The molecule has 6 rings (SSSR count). The fourth-order valence-electron chi connectivity index (χ4n) is 5.13. The first kappa shape index (κ1) is 20.8. The highest BCUT2D eigenvalue weighted by Crippen LogP contribution is 2.46. The van der Waals surface area contributed by atoms with Crippen molar-refractivity contribution < 1.29 is 14.6 Å². The molecule has 34 heavy (non-hydrogen) atoms. The first-order valence-corrected chi connectivity index (χ1v) is 11.6. The van der Waals surface area contributed by atoms with Crippen LogP contribution in [0, 0.1) is 0 Å². The van der Waals surface area contributed by atoms with Gasteiger partial charge in [-0.05, 0) is 31.0 Å². The van der Waals surface area contributed by atoms with Gasteiger partial charge in [0.25, 0.3) is 5.56 Å². The molecule has 1 atom stereocenters. The number of hydrogen-bond donors (Lipinski definition) is 1. The molecule has 3 aromatic rings. The lowest BCUT2D eigenvalue weighted by Crippen LogP contribution is -2.44. The summed E-state index contributed by atoms with van der Waals surface area (Å²) in [5.41, 5.74) is 3.30. The number of unbranched alkanes of at least 4 members (excludes halogenated alkanes) is 1. The molecule has 172 valence electrons. The molecule has 1 aromatic carbocycles. The molecule has 8 heteroatoms. The number of allylic oxidation sites excluding steroid dienone is 1. The number of benzene rings is 1. The number of fused-ring (bicyclic) bond motifs is 5. The van der Waals surface area contributed by atoms with Crippen molar-refractivity contribution in [3.8, 4) is 11.4 Å². The number of aliphatic imine (C=N–C) groups is 1. The summed E-state index contributed by atoms with van der Waals surface area (Å²) in [7, 11) is 0. The summed E-state index contributed by atoms with van der Waals surface area (Å²) in [6.07, 6.45) is 8.00. The highest BCUT2D eigenvalue weighted by molar-refractivity contribution is 6.11. The van der Waals surface area contributed by atoms with Crippen molar-refractivity contribution in [2.45, 2.75) is 51.9 Å². The number of carbonyl (C=O) groups is 1. The van der Waals surface area contributed by atoms with Gasteiger partial charge in [-0.2, -0.15) is 0 Å². The van der Waals surface area contributed by atoms with E-state index < -0.39 is 11.6 Å². The van der Waals surface area contributed by atoms with E-state index in [1.165, 1.54) is 0 Å². The molecular weight excluding hydrogens is 432 g/mol. The molecule has 0 saturated heterocycles. The van der Waals surface area contributed by atoms with E-state index >= 15 is 0 Å². The molecule has 3 aliphatic rings. The number of cyclic esters (lactones) is 1. The van der Waals surface area contributed by atoms with Gasteiger partial charge in [0.05, 0.1) is 52.1 Å². The molecule has 0 spiro atoms. The average molecular weight is 457 g/mol. The Morgan fingerprint density at radius 3 is 2.88 bits per heavy atom. The zero-order valence-corrected chi connectivity index (χ0v) is 19.0. The number of nitrogens with zero attached hydrogens (tertiary/aromatic N) is 4. The zero-order chi connectivity index (χ0) is 23.6. The number of hydrogen-bond acceptors (Lipinski definition) is 7. The summed E-state index contributed by atoms with van der Waals surface area (Å²) in [6.45, 7) is 4.03. The van der Waals surface area contributed by atoms with Gasteiger partial charge >= 0.3 is 5.97 Å². The third-order valence-electron chi connectivity index (χ3n) is 6.96. The molecular formula is C26H24N4O4. The number of anilines is 1. The number of esters is 1. The number of aliphatic hydroxyl groups is 1. The van der Waals surface area contributed by atoms with Crippen LogP contribution in [0.4, 0.5) is 11.4 Å². The maximum Gasteiger partial charge on any atom is 0.343 e. The minimum absolute atomic E-state index is 0.112. The highest BCUT2D eigenvalue weighted by Gasteiger charge is 2.45. The molecule has 2 aromatic heterocycles. The molecule has 0 radical (unpaired) electrons. The van der Waals surface area contributed by atoms with Gasteiger partial charge in [-0.15, -0.1) is 0 Å². The summed E-state index contributed by atoms with van der Waals surface area (Å²) < 4.78 is 6.85. The van der Waals surface area contributed by atoms with Crippen LogP contribution < -0.4 is 10.5 Å². The minimum Gasteiger partial charge on any atom is -0.458 e. The molecule has 0 saturated carbocycles. The lowest BCUT2D eigenvalue weighted by atomic mass is 9.86. The van der Waals surface area contributed by atoms with Crippen LogP contribution in [0.15, 0.2) is 46.3 Å². The summed E-state index contributed by atoms with van der Waals surface area (Å²) in [4.78, 5) is 37.5. The van der Waals surface area contributed by atoms with Crippen LogP contribution >= 0.6 is 0 Å². The van der Waals surface area contributed by atoms with Crippen LogP contribution in [-0.2, 0) is 28.3 Å². The summed E-state index contributed by atoms with van der Waals surface area (Å²) >= 11 is 0. The number of aromatic nitrogens is 2. The summed E-state index contributed by atoms with van der Waals surface area (Å²) in [5.74, 6) is -0.722. The smallest absolute Gasteiger partial charge is 0.343 e. The predicted molar refractivity (Wildman–Crippen MR) is 129 cm³/mol. The molecule has 0 unspecified atom stereocenters. The Morgan fingerprint density at radius 2 is 2.09 bits per heavy atom. The average Bonchev–Trinajstić information content (AvgIpc) is 3.22. The van der Waals surface area contributed by atoms with Crippen molar-refractivity contribution >= 4 is 34.6 Å². The van der Waals surface area contributed by atoms with E-state index in [0.717, 1.165) is 40.7 Å². The second-order valence-electron chi connectivity index (χ2n) is 8.89. The van der Waals surface area contributed by atoms with Crippen molar-refractivity contribution in [3.63, 3.8) is 0 Å². The third-order valence-corrected chi connectivity index (χ3v) is 6.96. The Bertz CT molecular complexity index is 1500. The van der Waals surface area contributed by atoms with Crippen molar-refractivity contribution in [2.75, 3.05) is 4.90 Å². The third kappa shape index (κ3) is 2.69. The maximum atomic E-state index is 13.5. The first-order chi connectivity index (χ1) is 16.5. The number of ether oxygens (including phenoxy) is 1. The lowest BCUT2D eigenvalue weighted by Gasteiger charge is -2.31. The summed E-state index contributed by atoms with van der Waals surface area (Å²) in [5, 5.41) is 12.1. The first-order valence-electron chi connectivity index (χ1n) is 11.6. The van der Waals surface area contributed by atoms with E-state index in [4.69, 9.17) is 9.72 Å². The predicted octanol–water partition coefficient (Wildman–Crippen LogP) is 3.87. The molecule has 0 amide bonds. The molecule has 5 heterocycles. The quantitative estimate of drug-likeness (QED) is 0.468. The Labute approximate surface area is 195 Å². The van der Waals surface area contributed by atoms with E-state index in [-0.39, 0.29) is 18.6 Å². The van der Waals surface area contributed by atoms with Crippen LogP contribution in [0.1, 0.15) is 49.8 Å². The molecule has 3 aliphatic heterocycles. The minimum atomic E-state index is -1.84. The second kappa shape index (κ2) is 7.36. The van der Waals surface area contributed by atoms with Crippen molar-refractivity contribution in [1.82, 2.24) is 9.55 Å². The number of pyridine rings is 2. The van der Waals surface area contributed by atoms with Gasteiger partial charge in [-0.25, -0.2) is 14.8 Å². The van der Waals surface area contributed by atoms with E-state index in [1.807, 2.05) is 29.3 Å². The van der Waals surface area contributed by atoms with Gasteiger partial charge in [-0.1, -0.05) is 32.4 Å². The fourth-order valence-corrected chi connectivity index (χ4v) is 5.13. The molecule has 0 fully saturated rings. The van der Waals surface area contributed by atoms with Crippen molar-refractivity contribution in [3.05, 3.63) is 63.6 Å². The van der Waals surface area contributed by atoms with Crippen molar-refractivity contribution in [2.24, 2.45) is 4.99 Å². The summed E-state index contributed by atoms with van der Waals surface area (Å²) in [6, 6.07) is 7.56. The van der Waals surface area contributed by atoms with Gasteiger partial charge in [0.1, 0.15) is 6.61 Å². The normalized spacial score (nSPS) is 20.0. The molecule has 8 nitrogen and oxygen atoms in total. The second-order valence-corrected chi connectivity index (χ2v) is 8.89. The van der Waals surface area contributed by atoms with E-state index in [1.54, 1.807) is 23.9 Å². The topological polar surface area (TPSA) is 97.0 Å². The highest BCUT2D eigenvalue weighted by atomic mass is 16.6. The Balaban J connectivity index is 1.63. The molecule has 0 aliphatic carbocycles. The van der Waals surface area contributed by atoms with E-state index in [9.17, 15) is 14.7 Å². The van der Waals surface area contributed by atoms with Gasteiger partial charge in [0.2, 0.25) is 0 Å². The Morgan fingerprint density at radius 1 is 1.24 bits per heavy atom. The zero-order valence-electron chi connectivity index (χ0n) is 19.0. The van der Waals surface area contributed by atoms with Gasteiger partial charge in [0, 0.05) is 17.3 Å². The van der Waals surface area contributed by atoms with Crippen LogP contribution in [0.3, 0.4) is 0 Å². The molecule has 1 N–H and O–H groups in total. The van der Waals surface area contributed by atoms with Crippen LogP contribution in [0.5, 0.6) is 0 Å². The fraction of sp³-hybridized carbons (Fsp3) is 0.308. The van der Waals surface area contributed by atoms with Gasteiger partial charge in [0.15, 0.2) is 5.60 Å². The largest absolute Gasteiger partial charge is 0.458 e. The van der Waals surface area contributed by atoms with Crippen LogP contribution in [-0.4, -0.2) is 27.0 Å². The lowest BCUT2D eigenvalue weighted by molar-refractivity contribution is -0.172. The molecule has 0 bridgehead atoms. The SMILES string of the molecule is CCC/C=C/N1C=Nc2cccc3nc4c(c1c23)Cn1c-4cc2c(c1=O)COC(=O)[C@@]2(O)CC. The Kier molecular flexibility index (Phi) is 4.50. The van der Waals surface area contributed by atoms with E-state index in [2.05, 4.69) is 18.0 Å². The Hall–Kier alpha value is -3.78. The van der Waals surface area contributed by atoms with Crippen molar-refractivity contribution in [1.29, 1.82) is 0 Å². The monoisotopic (exact) mass is 456 g/mol. The van der Waals surface area contributed by atoms with E-state index in [0.29, 0.717) is 29.1 Å². The number of rotatable bonds is 4. The van der Waals surface area contributed by atoms with Gasteiger partial charge < -0.3 is 19.3 Å². The number of carbonyl (C=O) groups excluding carboxylic acids is 1. The standard InChI is InChI=1S/C26H24N4O4/c1-3-5-6-10-29-14-27-18-8-7-9-19-21(18)23(29)15-12-30-20(22(15)28-19)11-17-16(24(30)31)13-34-25(32)26(17,33)4-2/h6-11,14,33H,3-5,12-13H2,1-2H3/b10-6+/t26-/m1/s1. The van der Waals surface area contributed by atoms with Crippen LogP contribution in [0.25, 0.3) is 22.3 Å².